The maximum Gasteiger partial charge on any atom is 0.416 e. The van der Waals surface area contributed by atoms with Crippen LogP contribution in [0.2, 0.25) is 5.02 Å². The van der Waals surface area contributed by atoms with Crippen molar-refractivity contribution >= 4 is 23.5 Å². The van der Waals surface area contributed by atoms with Gasteiger partial charge in [-0.3, -0.25) is 9.59 Å². The van der Waals surface area contributed by atoms with E-state index in [-0.39, 0.29) is 29.5 Å². The van der Waals surface area contributed by atoms with Crippen LogP contribution in [0, 0.1) is 0 Å². The summed E-state index contributed by atoms with van der Waals surface area (Å²) < 4.78 is 38.6. The molecule has 24 heavy (non-hydrogen) atoms. The molecular weight excluding hydrogens is 347 g/mol. The van der Waals surface area contributed by atoms with Gasteiger partial charge in [0.1, 0.15) is 0 Å². The van der Waals surface area contributed by atoms with E-state index in [1.807, 2.05) is 0 Å². The molecule has 0 spiro atoms. The van der Waals surface area contributed by atoms with Crippen LogP contribution in [0.4, 0.5) is 13.2 Å². The quantitative estimate of drug-likeness (QED) is 0.725. The van der Waals surface area contributed by atoms with Crippen LogP contribution < -0.4 is 5.32 Å². The lowest BCUT2D eigenvalue weighted by molar-refractivity contribution is -0.138. The molecule has 1 saturated carbocycles. The Morgan fingerprint density at radius 3 is 2.46 bits per heavy atom. The molecule has 0 saturated heterocycles. The number of hydrogen-bond acceptors (Lipinski definition) is 2. The summed E-state index contributed by atoms with van der Waals surface area (Å²) in [5.41, 5.74) is -1.64. The summed E-state index contributed by atoms with van der Waals surface area (Å²) in [6.07, 6.45) is -2.69. The van der Waals surface area contributed by atoms with Gasteiger partial charge in [0.2, 0.25) is 5.91 Å². The molecule has 1 fully saturated rings. The van der Waals surface area contributed by atoms with Gasteiger partial charge in [0.05, 0.1) is 11.0 Å². The second-order valence-electron chi connectivity index (χ2n) is 5.88. The molecule has 1 aromatic rings. The van der Waals surface area contributed by atoms with Gasteiger partial charge in [0, 0.05) is 18.0 Å². The summed E-state index contributed by atoms with van der Waals surface area (Å²) in [6.45, 7) is 0.282. The second kappa shape index (κ2) is 7.01. The Morgan fingerprint density at radius 2 is 1.92 bits per heavy atom. The van der Waals surface area contributed by atoms with E-state index in [0.717, 1.165) is 12.1 Å². The SMILES string of the molecule is O=C(O)CCCCNC(=O)C1(c2cc(C(F)(F)F)ccc2Cl)CC1. The highest BCUT2D eigenvalue weighted by molar-refractivity contribution is 6.32. The lowest BCUT2D eigenvalue weighted by Crippen LogP contribution is -2.35. The van der Waals surface area contributed by atoms with E-state index in [1.54, 1.807) is 0 Å². The molecule has 0 unspecified atom stereocenters. The first kappa shape index (κ1) is 18.6. The van der Waals surface area contributed by atoms with Crippen molar-refractivity contribution in [3.8, 4) is 0 Å². The third kappa shape index (κ3) is 4.20. The normalized spacial score (nSPS) is 15.8. The number of unbranched alkanes of at least 4 members (excludes halogenated alkanes) is 1. The predicted molar refractivity (Wildman–Crippen MR) is 81.9 cm³/mol. The van der Waals surface area contributed by atoms with Crippen molar-refractivity contribution < 1.29 is 27.9 Å². The zero-order valence-corrected chi connectivity index (χ0v) is 13.5. The minimum absolute atomic E-state index is 0.0144. The molecule has 0 radical (unpaired) electrons. The maximum absolute atomic E-state index is 12.9. The highest BCUT2D eigenvalue weighted by Gasteiger charge is 2.52. The van der Waals surface area contributed by atoms with Gasteiger partial charge < -0.3 is 10.4 Å². The minimum atomic E-state index is -4.50. The second-order valence-corrected chi connectivity index (χ2v) is 6.29. The van der Waals surface area contributed by atoms with Crippen LogP contribution >= 0.6 is 11.6 Å². The van der Waals surface area contributed by atoms with Gasteiger partial charge in [-0.25, -0.2) is 0 Å². The Bertz CT molecular complexity index is 642. The van der Waals surface area contributed by atoms with E-state index in [1.165, 1.54) is 6.07 Å². The van der Waals surface area contributed by atoms with Crippen molar-refractivity contribution in [2.24, 2.45) is 0 Å². The van der Waals surface area contributed by atoms with Gasteiger partial charge in [0.15, 0.2) is 0 Å². The molecule has 4 nitrogen and oxygen atoms in total. The zero-order chi connectivity index (χ0) is 18.0. The van der Waals surface area contributed by atoms with Crippen molar-refractivity contribution in [1.82, 2.24) is 5.32 Å². The molecule has 1 amide bonds. The van der Waals surface area contributed by atoms with Crippen molar-refractivity contribution in [3.05, 3.63) is 34.3 Å². The molecule has 0 aliphatic heterocycles. The summed E-state index contributed by atoms with van der Waals surface area (Å²) in [4.78, 5) is 22.8. The van der Waals surface area contributed by atoms with E-state index < -0.39 is 23.1 Å². The van der Waals surface area contributed by atoms with Crippen LogP contribution in [-0.4, -0.2) is 23.5 Å². The topological polar surface area (TPSA) is 66.4 Å². The smallest absolute Gasteiger partial charge is 0.416 e. The molecule has 1 aromatic carbocycles. The highest BCUT2D eigenvalue weighted by Crippen LogP contribution is 2.51. The average Bonchev–Trinajstić information content (AvgIpc) is 3.27. The Kier molecular flexibility index (Phi) is 5.42. The molecule has 2 N–H and O–H groups in total. The number of alkyl halides is 3. The van der Waals surface area contributed by atoms with Gasteiger partial charge >= 0.3 is 12.1 Å². The molecule has 8 heteroatoms. The van der Waals surface area contributed by atoms with Crippen LogP contribution in [0.3, 0.4) is 0 Å². The van der Waals surface area contributed by atoms with Gasteiger partial charge in [-0.1, -0.05) is 11.6 Å². The Morgan fingerprint density at radius 1 is 1.25 bits per heavy atom. The fraction of sp³-hybridized carbons (Fsp3) is 0.500. The maximum atomic E-state index is 12.9. The molecule has 132 valence electrons. The molecule has 1 aliphatic rings. The standard InChI is InChI=1S/C16H17ClF3NO3/c17-12-5-4-10(16(18,19)20)9-11(12)15(6-7-15)14(24)21-8-2-1-3-13(22)23/h4-5,9H,1-3,6-8H2,(H,21,24)(H,22,23). The van der Waals surface area contributed by atoms with Crippen LogP contribution in [-0.2, 0) is 21.2 Å². The molecule has 0 aromatic heterocycles. The lowest BCUT2D eigenvalue weighted by Gasteiger charge is -2.19. The Balaban J connectivity index is 2.05. The third-order valence-electron chi connectivity index (χ3n) is 4.10. The number of carboxylic acid groups (broad SMARTS) is 1. The van der Waals surface area contributed by atoms with Crippen LogP contribution in [0.5, 0.6) is 0 Å². The summed E-state index contributed by atoms with van der Waals surface area (Å²) in [5.74, 6) is -1.27. The van der Waals surface area contributed by atoms with Crippen LogP contribution in [0.1, 0.15) is 43.2 Å². The fourth-order valence-electron chi connectivity index (χ4n) is 2.58. The van der Waals surface area contributed by atoms with Crippen molar-refractivity contribution in [1.29, 1.82) is 0 Å². The van der Waals surface area contributed by atoms with Crippen molar-refractivity contribution in [3.63, 3.8) is 0 Å². The number of carbonyl (C=O) groups is 2. The van der Waals surface area contributed by atoms with Gasteiger partial charge in [-0.05, 0) is 49.4 Å². The highest BCUT2D eigenvalue weighted by atomic mass is 35.5. The number of nitrogens with one attached hydrogen (secondary N) is 1. The first-order chi connectivity index (χ1) is 11.2. The van der Waals surface area contributed by atoms with E-state index in [4.69, 9.17) is 16.7 Å². The van der Waals surface area contributed by atoms with E-state index in [2.05, 4.69) is 5.32 Å². The predicted octanol–water partition coefficient (Wildman–Crippen LogP) is 3.76. The number of halogens is 4. The first-order valence-corrected chi connectivity index (χ1v) is 7.92. The van der Waals surface area contributed by atoms with E-state index in [9.17, 15) is 22.8 Å². The summed E-state index contributed by atoms with van der Waals surface area (Å²) >= 11 is 6.02. The number of carbonyl (C=O) groups excluding carboxylic acids is 1. The zero-order valence-electron chi connectivity index (χ0n) is 12.8. The number of amides is 1. The van der Waals surface area contributed by atoms with Gasteiger partial charge in [-0.2, -0.15) is 13.2 Å². The van der Waals surface area contributed by atoms with Gasteiger partial charge in [-0.15, -0.1) is 0 Å². The minimum Gasteiger partial charge on any atom is -0.481 e. The Hall–Kier alpha value is -1.76. The van der Waals surface area contributed by atoms with E-state index >= 15 is 0 Å². The van der Waals surface area contributed by atoms with Crippen molar-refractivity contribution in [2.75, 3.05) is 6.54 Å². The number of hydrogen-bond donors (Lipinski definition) is 2. The number of aliphatic carboxylic acids is 1. The number of rotatable bonds is 7. The van der Waals surface area contributed by atoms with Crippen LogP contribution in [0.25, 0.3) is 0 Å². The van der Waals surface area contributed by atoms with Gasteiger partial charge in [0.25, 0.3) is 0 Å². The summed E-state index contributed by atoms with van der Waals surface area (Å²) in [5, 5.41) is 11.3. The lowest BCUT2D eigenvalue weighted by atomic mass is 9.93. The summed E-state index contributed by atoms with van der Waals surface area (Å²) in [6, 6.07) is 3.00. The molecule has 2 rings (SSSR count). The molecule has 0 bridgehead atoms. The number of carboxylic acids is 1. The van der Waals surface area contributed by atoms with Crippen molar-refractivity contribution in [2.45, 2.75) is 43.7 Å². The Labute approximate surface area is 142 Å². The van der Waals surface area contributed by atoms with Crippen LogP contribution in [0.15, 0.2) is 18.2 Å². The molecule has 0 heterocycles. The fourth-order valence-corrected chi connectivity index (χ4v) is 2.88. The monoisotopic (exact) mass is 363 g/mol. The molecular formula is C16H17ClF3NO3. The molecule has 0 atom stereocenters. The van der Waals surface area contributed by atoms with E-state index in [0.29, 0.717) is 25.7 Å². The third-order valence-corrected chi connectivity index (χ3v) is 4.43. The first-order valence-electron chi connectivity index (χ1n) is 7.54. The summed E-state index contributed by atoms with van der Waals surface area (Å²) in [7, 11) is 0. The molecule has 1 aliphatic carbocycles. The largest absolute Gasteiger partial charge is 0.481 e. The number of benzene rings is 1. The average molecular weight is 364 g/mol.